The van der Waals surface area contributed by atoms with Gasteiger partial charge in [0, 0.05) is 12.6 Å². The van der Waals surface area contributed by atoms with Crippen LogP contribution in [-0.2, 0) is 40.6 Å². The number of carbonyl (C=O) groups is 1. The molecule has 33 heavy (non-hydrogen) atoms. The fraction of sp³-hybridized carbons (Fsp3) is 0.385. The van der Waals surface area contributed by atoms with Gasteiger partial charge in [-0.05, 0) is 25.0 Å². The summed E-state index contributed by atoms with van der Waals surface area (Å²) in [5.74, 6) is -0.0779. The van der Waals surface area contributed by atoms with Gasteiger partial charge in [0.15, 0.2) is 6.10 Å². The number of benzene rings is 2. The maximum absolute atomic E-state index is 13.7. The lowest BCUT2D eigenvalue weighted by atomic mass is 10.1. The van der Waals surface area contributed by atoms with Crippen LogP contribution in [0.25, 0.3) is 0 Å². The quantitative estimate of drug-likeness (QED) is 0.603. The summed E-state index contributed by atoms with van der Waals surface area (Å²) in [5, 5.41) is 8.03. The van der Waals surface area contributed by atoms with E-state index >= 15 is 0 Å². The second-order valence-electron chi connectivity index (χ2n) is 8.87. The van der Waals surface area contributed by atoms with Crippen molar-refractivity contribution in [2.75, 3.05) is 4.90 Å². The van der Waals surface area contributed by atoms with Crippen LogP contribution in [0.15, 0.2) is 66.9 Å². The lowest BCUT2D eigenvalue weighted by Gasteiger charge is -2.27. The molecule has 3 aromatic rings. The van der Waals surface area contributed by atoms with Gasteiger partial charge in [0.2, 0.25) is 0 Å². The molecule has 2 aliphatic rings. The molecule has 1 amide bonds. The van der Waals surface area contributed by atoms with Gasteiger partial charge < -0.3 is 19.7 Å². The maximum atomic E-state index is 13.7. The van der Waals surface area contributed by atoms with Crippen LogP contribution in [0.3, 0.4) is 0 Å². The highest BCUT2D eigenvalue weighted by Crippen LogP contribution is 2.34. The number of hydrogen-bond acceptors (Lipinski definition) is 5. The van der Waals surface area contributed by atoms with Gasteiger partial charge in [-0.3, -0.25) is 9.48 Å². The van der Waals surface area contributed by atoms with E-state index < -0.39 is 12.2 Å². The molecule has 0 spiro atoms. The smallest absolute Gasteiger partial charge is 0.259 e. The Morgan fingerprint density at radius 1 is 0.970 bits per heavy atom. The standard InChI is InChI=1S/C26H30N4O3/c1-18-15-29-22(13-27-18)23(14-28-29)30-19(2)24(32-16-20-9-5-3-6-10-20)25(26(30)31)33-17-21-11-7-4-8-12-21/h3-12,14,18-19,24-25,27H,13,15-17H2,1-2H3/t18?,19-,24-,25+/m1/s1. The van der Waals surface area contributed by atoms with Crippen molar-refractivity contribution in [1.82, 2.24) is 15.1 Å². The minimum absolute atomic E-state index is 0.0779. The van der Waals surface area contributed by atoms with Crippen molar-refractivity contribution >= 4 is 11.6 Å². The van der Waals surface area contributed by atoms with Crippen LogP contribution in [0, 0.1) is 0 Å². The summed E-state index contributed by atoms with van der Waals surface area (Å²) < 4.78 is 14.5. The first-order valence-corrected chi connectivity index (χ1v) is 11.5. The van der Waals surface area contributed by atoms with Crippen LogP contribution in [0.4, 0.5) is 5.69 Å². The van der Waals surface area contributed by atoms with Crippen LogP contribution in [0.2, 0.25) is 0 Å². The van der Waals surface area contributed by atoms with Gasteiger partial charge in [-0.25, -0.2) is 0 Å². The van der Waals surface area contributed by atoms with E-state index in [-0.39, 0.29) is 11.9 Å². The summed E-state index contributed by atoms with van der Waals surface area (Å²) in [6.45, 7) is 6.41. The fourth-order valence-electron chi connectivity index (χ4n) is 4.67. The van der Waals surface area contributed by atoms with Crippen LogP contribution in [0.1, 0.15) is 30.7 Å². The van der Waals surface area contributed by atoms with Crippen molar-refractivity contribution in [3.05, 3.63) is 83.7 Å². The third-order valence-electron chi connectivity index (χ3n) is 6.47. The Hall–Kier alpha value is -3.00. The molecule has 5 rings (SSSR count). The molecule has 2 aromatic carbocycles. The number of fused-ring (bicyclic) bond motifs is 1. The molecule has 1 fully saturated rings. The largest absolute Gasteiger partial charge is 0.368 e. The Balaban J connectivity index is 1.40. The minimum atomic E-state index is -0.685. The summed E-state index contributed by atoms with van der Waals surface area (Å²) >= 11 is 0. The Morgan fingerprint density at radius 3 is 2.27 bits per heavy atom. The molecule has 7 heteroatoms. The van der Waals surface area contributed by atoms with E-state index in [0.29, 0.717) is 25.8 Å². The number of amides is 1. The number of rotatable bonds is 7. The number of hydrogen-bond donors (Lipinski definition) is 1. The summed E-state index contributed by atoms with van der Waals surface area (Å²) in [7, 11) is 0. The summed E-state index contributed by atoms with van der Waals surface area (Å²) in [5.41, 5.74) is 3.96. The van der Waals surface area contributed by atoms with Gasteiger partial charge in [0.1, 0.15) is 6.10 Å². The predicted molar refractivity (Wildman–Crippen MR) is 126 cm³/mol. The number of ether oxygens (including phenoxy) is 2. The third-order valence-corrected chi connectivity index (χ3v) is 6.47. The van der Waals surface area contributed by atoms with Crippen LogP contribution in [-0.4, -0.2) is 40.0 Å². The van der Waals surface area contributed by atoms with Crippen LogP contribution in [0.5, 0.6) is 0 Å². The molecule has 1 N–H and O–H groups in total. The highest BCUT2D eigenvalue weighted by molar-refractivity contribution is 6.00. The van der Waals surface area contributed by atoms with E-state index in [1.165, 1.54) is 0 Å². The van der Waals surface area contributed by atoms with Gasteiger partial charge in [-0.1, -0.05) is 60.7 Å². The van der Waals surface area contributed by atoms with Crippen molar-refractivity contribution < 1.29 is 14.3 Å². The lowest BCUT2D eigenvalue weighted by Crippen LogP contribution is -2.39. The predicted octanol–water partition coefficient (Wildman–Crippen LogP) is 3.28. The second kappa shape index (κ2) is 9.47. The summed E-state index contributed by atoms with van der Waals surface area (Å²) in [6.07, 6.45) is 0.722. The Kier molecular flexibility index (Phi) is 6.26. The topological polar surface area (TPSA) is 68.6 Å². The minimum Gasteiger partial charge on any atom is -0.368 e. The molecule has 0 bridgehead atoms. The van der Waals surface area contributed by atoms with E-state index in [9.17, 15) is 4.79 Å². The van der Waals surface area contributed by atoms with Gasteiger partial charge in [-0.15, -0.1) is 0 Å². The van der Waals surface area contributed by atoms with E-state index in [0.717, 1.165) is 29.1 Å². The average molecular weight is 447 g/mol. The van der Waals surface area contributed by atoms with Crippen LogP contribution >= 0.6 is 0 Å². The van der Waals surface area contributed by atoms with E-state index in [4.69, 9.17) is 9.47 Å². The molecule has 0 aliphatic carbocycles. The van der Waals surface area contributed by atoms with Gasteiger partial charge >= 0.3 is 0 Å². The maximum Gasteiger partial charge on any atom is 0.259 e. The molecule has 1 aromatic heterocycles. The zero-order valence-corrected chi connectivity index (χ0v) is 19.1. The number of carbonyl (C=O) groups excluding carboxylic acids is 1. The van der Waals surface area contributed by atoms with E-state index in [2.05, 4.69) is 17.3 Å². The molecule has 172 valence electrons. The van der Waals surface area contributed by atoms with E-state index in [1.807, 2.05) is 77.2 Å². The molecule has 0 saturated carbocycles. The van der Waals surface area contributed by atoms with Crippen LogP contribution < -0.4 is 10.2 Å². The Bertz CT molecular complexity index is 1090. The summed E-state index contributed by atoms with van der Waals surface area (Å²) in [6, 6.07) is 20.1. The zero-order valence-electron chi connectivity index (χ0n) is 19.1. The highest BCUT2D eigenvalue weighted by Gasteiger charge is 2.49. The van der Waals surface area contributed by atoms with Gasteiger partial charge in [-0.2, -0.15) is 5.10 Å². The average Bonchev–Trinajstić information content (AvgIpc) is 3.34. The zero-order chi connectivity index (χ0) is 22.8. The molecule has 1 unspecified atom stereocenters. The number of aromatic nitrogens is 2. The highest BCUT2D eigenvalue weighted by atomic mass is 16.5. The van der Waals surface area contributed by atoms with Gasteiger partial charge in [0.25, 0.3) is 5.91 Å². The fourth-order valence-corrected chi connectivity index (χ4v) is 4.67. The Morgan fingerprint density at radius 2 is 1.61 bits per heavy atom. The Labute approximate surface area is 194 Å². The monoisotopic (exact) mass is 446 g/mol. The first kappa shape index (κ1) is 21.8. The first-order chi connectivity index (χ1) is 16.1. The van der Waals surface area contributed by atoms with E-state index in [1.54, 1.807) is 6.20 Å². The molecule has 3 heterocycles. The lowest BCUT2D eigenvalue weighted by molar-refractivity contribution is -0.136. The van der Waals surface area contributed by atoms with Crippen molar-refractivity contribution in [2.24, 2.45) is 0 Å². The molecule has 1 saturated heterocycles. The van der Waals surface area contributed by atoms with Gasteiger partial charge in [0.05, 0.1) is 43.4 Å². The molecular weight excluding hydrogens is 416 g/mol. The summed E-state index contributed by atoms with van der Waals surface area (Å²) in [4.78, 5) is 15.5. The normalized spacial score (nSPS) is 24.8. The SMILES string of the molecule is CC1Cn2ncc(N3C(=O)[C@@H](OCc4ccccc4)[C@H](OCc4ccccc4)[C@H]3C)c2CN1. The molecule has 7 nitrogen and oxygen atoms in total. The number of anilines is 1. The molecule has 2 aliphatic heterocycles. The number of nitrogens with one attached hydrogen (secondary N) is 1. The third kappa shape index (κ3) is 4.44. The second-order valence-corrected chi connectivity index (χ2v) is 8.87. The first-order valence-electron chi connectivity index (χ1n) is 11.5. The van der Waals surface area contributed by atoms with Crippen molar-refractivity contribution in [2.45, 2.75) is 64.4 Å². The van der Waals surface area contributed by atoms with Crippen molar-refractivity contribution in [3.63, 3.8) is 0 Å². The molecular formula is C26H30N4O3. The van der Waals surface area contributed by atoms with Crippen molar-refractivity contribution in [3.8, 4) is 0 Å². The molecule has 4 atom stereocenters. The number of nitrogens with zero attached hydrogens (tertiary/aromatic N) is 3. The van der Waals surface area contributed by atoms with Crippen molar-refractivity contribution in [1.29, 1.82) is 0 Å². The molecule has 0 radical (unpaired) electrons.